The molecule has 0 aliphatic heterocycles. The second kappa shape index (κ2) is 6.20. The molecule has 19 heavy (non-hydrogen) atoms. The van der Waals surface area contributed by atoms with E-state index in [0.717, 1.165) is 19.4 Å². The Balaban J connectivity index is 2.02. The molecule has 3 heteroatoms. The van der Waals surface area contributed by atoms with Crippen LogP contribution in [-0.2, 0) is 11.3 Å². The van der Waals surface area contributed by atoms with Crippen LogP contribution < -0.4 is 5.73 Å². The van der Waals surface area contributed by atoms with Gasteiger partial charge >= 0.3 is 0 Å². The van der Waals surface area contributed by atoms with Crippen LogP contribution in [0.2, 0.25) is 0 Å². The summed E-state index contributed by atoms with van der Waals surface area (Å²) in [4.78, 5) is 14.4. The maximum atomic E-state index is 12.4. The van der Waals surface area contributed by atoms with E-state index in [1.54, 1.807) is 0 Å². The van der Waals surface area contributed by atoms with Crippen LogP contribution in [0, 0.1) is 12.8 Å². The Morgan fingerprint density at radius 1 is 1.47 bits per heavy atom. The second-order valence-electron chi connectivity index (χ2n) is 5.79. The van der Waals surface area contributed by atoms with E-state index in [1.807, 2.05) is 11.8 Å². The van der Waals surface area contributed by atoms with Crippen molar-refractivity contribution in [3.8, 4) is 0 Å². The molecule has 1 amide bonds. The van der Waals surface area contributed by atoms with Crippen molar-refractivity contribution in [3.05, 3.63) is 35.4 Å². The van der Waals surface area contributed by atoms with E-state index in [1.165, 1.54) is 11.1 Å². The van der Waals surface area contributed by atoms with Gasteiger partial charge in [0, 0.05) is 19.0 Å². The number of aryl methyl sites for hydroxylation is 1. The minimum Gasteiger partial charge on any atom is -0.335 e. The van der Waals surface area contributed by atoms with Gasteiger partial charge in [-0.2, -0.15) is 0 Å². The molecule has 104 valence electrons. The molecule has 1 aliphatic rings. The monoisotopic (exact) mass is 260 g/mol. The number of benzene rings is 1. The molecule has 0 heterocycles. The summed E-state index contributed by atoms with van der Waals surface area (Å²) in [5.74, 6) is 0.521. The Kier molecular flexibility index (Phi) is 4.59. The standard InChI is InChI=1S/C16H24N2O/c1-12-4-3-5-14(8-12)11-18(15-6-7-15)16(19)9-13(2)10-17/h3-5,8,13,15H,6-7,9-11,17H2,1-2H3. The van der Waals surface area contributed by atoms with Crippen LogP contribution in [0.4, 0.5) is 0 Å². The minimum absolute atomic E-state index is 0.252. The van der Waals surface area contributed by atoms with E-state index in [9.17, 15) is 4.79 Å². The summed E-state index contributed by atoms with van der Waals surface area (Å²) in [7, 11) is 0. The molecule has 3 nitrogen and oxygen atoms in total. The maximum Gasteiger partial charge on any atom is 0.223 e. The van der Waals surface area contributed by atoms with E-state index in [2.05, 4.69) is 31.2 Å². The van der Waals surface area contributed by atoms with Crippen LogP contribution in [-0.4, -0.2) is 23.4 Å². The van der Waals surface area contributed by atoms with Gasteiger partial charge < -0.3 is 10.6 Å². The van der Waals surface area contributed by atoms with Gasteiger partial charge in [-0.25, -0.2) is 0 Å². The molecule has 0 saturated heterocycles. The number of amides is 1. The lowest BCUT2D eigenvalue weighted by atomic mass is 10.1. The normalized spacial score (nSPS) is 16.2. The van der Waals surface area contributed by atoms with Crippen LogP contribution in [0.25, 0.3) is 0 Å². The van der Waals surface area contributed by atoms with Crippen LogP contribution in [0.5, 0.6) is 0 Å². The number of nitrogens with zero attached hydrogens (tertiary/aromatic N) is 1. The Morgan fingerprint density at radius 2 is 2.21 bits per heavy atom. The van der Waals surface area contributed by atoms with E-state index in [0.29, 0.717) is 19.0 Å². The van der Waals surface area contributed by atoms with Crippen LogP contribution >= 0.6 is 0 Å². The van der Waals surface area contributed by atoms with E-state index in [-0.39, 0.29) is 11.8 Å². The lowest BCUT2D eigenvalue weighted by Gasteiger charge is -2.24. The number of hydrogen-bond donors (Lipinski definition) is 1. The predicted molar refractivity (Wildman–Crippen MR) is 77.6 cm³/mol. The van der Waals surface area contributed by atoms with Gasteiger partial charge in [0.1, 0.15) is 0 Å². The lowest BCUT2D eigenvalue weighted by Crippen LogP contribution is -2.34. The topological polar surface area (TPSA) is 46.3 Å². The summed E-state index contributed by atoms with van der Waals surface area (Å²) in [6.45, 7) is 5.44. The summed E-state index contributed by atoms with van der Waals surface area (Å²) in [5, 5.41) is 0. The summed E-state index contributed by atoms with van der Waals surface area (Å²) >= 11 is 0. The fraction of sp³-hybridized carbons (Fsp3) is 0.562. The highest BCUT2D eigenvalue weighted by atomic mass is 16.2. The molecule has 1 unspecified atom stereocenters. The lowest BCUT2D eigenvalue weighted by molar-refractivity contribution is -0.133. The molecular weight excluding hydrogens is 236 g/mol. The highest BCUT2D eigenvalue weighted by Gasteiger charge is 2.32. The molecule has 1 saturated carbocycles. The summed E-state index contributed by atoms with van der Waals surface area (Å²) < 4.78 is 0. The zero-order chi connectivity index (χ0) is 13.8. The summed E-state index contributed by atoms with van der Waals surface area (Å²) in [5.41, 5.74) is 8.08. The van der Waals surface area contributed by atoms with Crippen molar-refractivity contribution in [2.45, 2.75) is 45.7 Å². The molecule has 1 atom stereocenters. The average Bonchev–Trinajstić information content (AvgIpc) is 3.20. The van der Waals surface area contributed by atoms with Gasteiger partial charge in [-0.05, 0) is 37.8 Å². The fourth-order valence-corrected chi connectivity index (χ4v) is 2.31. The zero-order valence-corrected chi connectivity index (χ0v) is 11.9. The van der Waals surface area contributed by atoms with Crippen molar-refractivity contribution in [3.63, 3.8) is 0 Å². The first-order valence-electron chi connectivity index (χ1n) is 7.15. The van der Waals surface area contributed by atoms with Crippen LogP contribution in [0.3, 0.4) is 0 Å². The number of nitrogens with two attached hydrogens (primary N) is 1. The third kappa shape index (κ3) is 4.06. The SMILES string of the molecule is Cc1cccc(CN(C(=O)CC(C)CN)C2CC2)c1. The molecule has 2 rings (SSSR count). The van der Waals surface area contributed by atoms with E-state index in [4.69, 9.17) is 5.73 Å². The van der Waals surface area contributed by atoms with Gasteiger partial charge in [0.15, 0.2) is 0 Å². The second-order valence-corrected chi connectivity index (χ2v) is 5.79. The smallest absolute Gasteiger partial charge is 0.223 e. The first kappa shape index (κ1) is 14.1. The Hall–Kier alpha value is -1.35. The molecule has 1 aromatic rings. The number of carbonyl (C=O) groups is 1. The maximum absolute atomic E-state index is 12.4. The van der Waals surface area contributed by atoms with E-state index < -0.39 is 0 Å². The average molecular weight is 260 g/mol. The van der Waals surface area contributed by atoms with Gasteiger partial charge in [-0.15, -0.1) is 0 Å². The van der Waals surface area contributed by atoms with Crippen molar-refractivity contribution in [2.75, 3.05) is 6.54 Å². The fourth-order valence-electron chi connectivity index (χ4n) is 2.31. The first-order valence-corrected chi connectivity index (χ1v) is 7.15. The molecule has 2 N–H and O–H groups in total. The Morgan fingerprint density at radius 3 is 2.79 bits per heavy atom. The van der Waals surface area contributed by atoms with Gasteiger partial charge in [-0.3, -0.25) is 4.79 Å². The molecule has 0 radical (unpaired) electrons. The number of carbonyl (C=O) groups excluding carboxylic acids is 1. The van der Waals surface area contributed by atoms with E-state index >= 15 is 0 Å². The molecule has 1 fully saturated rings. The largest absolute Gasteiger partial charge is 0.335 e. The minimum atomic E-state index is 0.252. The van der Waals surface area contributed by atoms with Crippen LogP contribution in [0.1, 0.15) is 37.3 Å². The van der Waals surface area contributed by atoms with Crippen molar-refractivity contribution >= 4 is 5.91 Å². The summed E-state index contributed by atoms with van der Waals surface area (Å²) in [6, 6.07) is 8.86. The third-order valence-electron chi connectivity index (χ3n) is 3.67. The summed E-state index contributed by atoms with van der Waals surface area (Å²) in [6.07, 6.45) is 2.86. The molecule has 1 aromatic carbocycles. The quantitative estimate of drug-likeness (QED) is 0.854. The van der Waals surface area contributed by atoms with Crippen molar-refractivity contribution in [1.29, 1.82) is 0 Å². The third-order valence-corrected chi connectivity index (χ3v) is 3.67. The molecule has 1 aliphatic carbocycles. The Bertz CT molecular complexity index is 440. The first-order chi connectivity index (χ1) is 9.10. The molecule has 0 bridgehead atoms. The number of hydrogen-bond acceptors (Lipinski definition) is 2. The number of rotatable bonds is 6. The van der Waals surface area contributed by atoms with Crippen LogP contribution in [0.15, 0.2) is 24.3 Å². The molecule has 0 aromatic heterocycles. The highest BCUT2D eigenvalue weighted by molar-refractivity contribution is 5.77. The van der Waals surface area contributed by atoms with Crippen molar-refractivity contribution < 1.29 is 4.79 Å². The predicted octanol–water partition coefficient (Wildman–Crippen LogP) is 2.47. The van der Waals surface area contributed by atoms with Crippen molar-refractivity contribution in [2.24, 2.45) is 11.7 Å². The van der Waals surface area contributed by atoms with Gasteiger partial charge in [0.05, 0.1) is 0 Å². The highest BCUT2D eigenvalue weighted by Crippen LogP contribution is 2.29. The van der Waals surface area contributed by atoms with Gasteiger partial charge in [0.25, 0.3) is 0 Å². The van der Waals surface area contributed by atoms with Gasteiger partial charge in [0.2, 0.25) is 5.91 Å². The molecule has 0 spiro atoms. The zero-order valence-electron chi connectivity index (χ0n) is 11.9. The Labute approximate surface area is 115 Å². The van der Waals surface area contributed by atoms with Gasteiger partial charge in [-0.1, -0.05) is 36.8 Å². The van der Waals surface area contributed by atoms with Crippen molar-refractivity contribution in [1.82, 2.24) is 4.90 Å². The molecular formula is C16H24N2O.